The van der Waals surface area contributed by atoms with Crippen LogP contribution in [0.2, 0.25) is 5.02 Å². The molecule has 1 atom stereocenters. The standard InChI is InChI=1S/C21H24ClF3N4O5/c22-16-8-7-14(11-15(16)19(32)27-18(31)13-5-3-1-2-4-6-13)29-20(33)28(17(30)12-26-29)9-10-34-21(23,24)25/h7-8,11-13,18,31H,1-6,9-10H2,(H,27,32). The van der Waals surface area contributed by atoms with E-state index in [1.807, 2.05) is 0 Å². The molecule has 1 aliphatic rings. The minimum atomic E-state index is -4.91. The Bertz CT molecular complexity index is 1130. The number of nitrogens with one attached hydrogen (secondary N) is 1. The van der Waals surface area contributed by atoms with Crippen molar-refractivity contribution in [3.8, 4) is 5.69 Å². The molecule has 2 aromatic rings. The Morgan fingerprint density at radius 2 is 1.91 bits per heavy atom. The van der Waals surface area contributed by atoms with Gasteiger partial charge in [0.25, 0.3) is 11.5 Å². The number of carbonyl (C=O) groups is 1. The summed E-state index contributed by atoms with van der Waals surface area (Å²) in [6, 6.07) is 3.93. The molecule has 34 heavy (non-hydrogen) atoms. The van der Waals surface area contributed by atoms with Crippen molar-refractivity contribution in [1.82, 2.24) is 19.7 Å². The summed E-state index contributed by atoms with van der Waals surface area (Å²) in [5.74, 6) is -0.747. The Kier molecular flexibility index (Phi) is 8.50. The van der Waals surface area contributed by atoms with Gasteiger partial charge in [-0.1, -0.05) is 37.3 Å². The molecule has 0 aliphatic heterocycles. The van der Waals surface area contributed by atoms with Gasteiger partial charge in [-0.3, -0.25) is 18.9 Å². The highest BCUT2D eigenvalue weighted by Gasteiger charge is 2.29. The number of aliphatic hydroxyl groups is 1. The fourth-order valence-electron chi connectivity index (χ4n) is 3.85. The third kappa shape index (κ3) is 6.67. The quantitative estimate of drug-likeness (QED) is 0.442. The van der Waals surface area contributed by atoms with Crippen LogP contribution in [0.4, 0.5) is 13.2 Å². The van der Waals surface area contributed by atoms with Gasteiger partial charge in [-0.25, -0.2) is 4.79 Å². The van der Waals surface area contributed by atoms with Gasteiger partial charge in [0.1, 0.15) is 12.4 Å². The van der Waals surface area contributed by atoms with E-state index >= 15 is 0 Å². The zero-order chi connectivity index (χ0) is 24.9. The molecule has 2 N–H and O–H groups in total. The largest absolute Gasteiger partial charge is 0.522 e. The van der Waals surface area contributed by atoms with Crippen LogP contribution in [-0.2, 0) is 11.3 Å². The van der Waals surface area contributed by atoms with E-state index in [2.05, 4.69) is 15.2 Å². The van der Waals surface area contributed by atoms with Gasteiger partial charge in [-0.05, 0) is 31.0 Å². The minimum absolute atomic E-state index is 0.0429. The van der Waals surface area contributed by atoms with E-state index < -0.39 is 42.9 Å². The van der Waals surface area contributed by atoms with Gasteiger partial charge < -0.3 is 10.4 Å². The van der Waals surface area contributed by atoms with Gasteiger partial charge >= 0.3 is 12.1 Å². The lowest BCUT2D eigenvalue weighted by Crippen LogP contribution is -2.42. The number of halogens is 4. The number of carbonyl (C=O) groups excluding carboxylic acids is 1. The first kappa shape index (κ1) is 25.9. The molecule has 9 nitrogen and oxygen atoms in total. The molecule has 1 heterocycles. The van der Waals surface area contributed by atoms with Crippen molar-refractivity contribution in [3.05, 3.63) is 55.8 Å². The zero-order valence-corrected chi connectivity index (χ0v) is 18.8. The summed E-state index contributed by atoms with van der Waals surface area (Å²) in [5.41, 5.74) is -1.93. The summed E-state index contributed by atoms with van der Waals surface area (Å²) in [6.07, 6.45) is 0.450. The highest BCUT2D eigenvalue weighted by Crippen LogP contribution is 2.25. The summed E-state index contributed by atoms with van der Waals surface area (Å²) < 4.78 is 41.6. The molecule has 0 bridgehead atoms. The van der Waals surface area contributed by atoms with Crippen LogP contribution in [0.15, 0.2) is 34.0 Å². The predicted molar refractivity (Wildman–Crippen MR) is 116 cm³/mol. The fraction of sp³-hybridized carbons (Fsp3) is 0.524. The number of benzene rings is 1. The molecule has 1 aromatic carbocycles. The molecule has 1 saturated carbocycles. The summed E-state index contributed by atoms with van der Waals surface area (Å²) in [5, 5.41) is 16.8. The lowest BCUT2D eigenvalue weighted by atomic mass is 9.98. The maximum atomic E-state index is 12.8. The highest BCUT2D eigenvalue weighted by atomic mass is 35.5. The first-order chi connectivity index (χ1) is 16.1. The van der Waals surface area contributed by atoms with Crippen molar-refractivity contribution in [3.63, 3.8) is 0 Å². The third-order valence-electron chi connectivity index (χ3n) is 5.61. The molecule has 0 saturated heterocycles. The summed E-state index contributed by atoms with van der Waals surface area (Å²) in [6.45, 7) is -1.61. The fourth-order valence-corrected chi connectivity index (χ4v) is 4.05. The van der Waals surface area contributed by atoms with Gasteiger partial charge in [-0.15, -0.1) is 13.2 Å². The van der Waals surface area contributed by atoms with Crippen LogP contribution < -0.4 is 16.6 Å². The SMILES string of the molecule is O=C(NC(O)C1CCCCCC1)c1cc(-n2ncc(=O)n(CCOC(F)(F)F)c2=O)ccc1Cl. The molecule has 1 unspecified atom stereocenters. The minimum Gasteiger partial charge on any atom is -0.373 e. The topological polar surface area (TPSA) is 115 Å². The van der Waals surface area contributed by atoms with E-state index in [-0.39, 0.29) is 22.2 Å². The monoisotopic (exact) mass is 504 g/mol. The van der Waals surface area contributed by atoms with Gasteiger partial charge in [-0.2, -0.15) is 9.78 Å². The van der Waals surface area contributed by atoms with E-state index in [1.165, 1.54) is 18.2 Å². The molecule has 1 aromatic heterocycles. The van der Waals surface area contributed by atoms with Crippen LogP contribution in [0, 0.1) is 5.92 Å². The Morgan fingerprint density at radius 1 is 1.24 bits per heavy atom. The van der Waals surface area contributed by atoms with Gasteiger partial charge in [0.15, 0.2) is 0 Å². The molecule has 1 fully saturated rings. The lowest BCUT2D eigenvalue weighted by Gasteiger charge is -2.22. The molecule has 186 valence electrons. The Balaban J connectivity index is 1.82. The van der Waals surface area contributed by atoms with Crippen molar-refractivity contribution >= 4 is 17.5 Å². The number of nitrogens with zero attached hydrogens (tertiary/aromatic N) is 3. The number of hydrogen-bond donors (Lipinski definition) is 2. The molecule has 13 heteroatoms. The highest BCUT2D eigenvalue weighted by molar-refractivity contribution is 6.33. The normalized spacial score (nSPS) is 16.1. The molecule has 1 amide bonds. The molecular weight excluding hydrogens is 481 g/mol. The lowest BCUT2D eigenvalue weighted by molar-refractivity contribution is -0.325. The Labute approximate surface area is 197 Å². The van der Waals surface area contributed by atoms with Crippen LogP contribution in [0.1, 0.15) is 48.9 Å². The van der Waals surface area contributed by atoms with Crippen LogP contribution in [0.5, 0.6) is 0 Å². The van der Waals surface area contributed by atoms with Crippen molar-refractivity contribution in [2.45, 2.75) is 57.7 Å². The average molecular weight is 505 g/mol. The van der Waals surface area contributed by atoms with E-state index in [1.54, 1.807) is 0 Å². The van der Waals surface area contributed by atoms with E-state index in [4.69, 9.17) is 11.6 Å². The third-order valence-corrected chi connectivity index (χ3v) is 5.94. The number of hydrogen-bond acceptors (Lipinski definition) is 6. The van der Waals surface area contributed by atoms with E-state index in [0.29, 0.717) is 4.57 Å². The molecule has 0 spiro atoms. The number of amides is 1. The summed E-state index contributed by atoms with van der Waals surface area (Å²) in [7, 11) is 0. The van der Waals surface area contributed by atoms with Gasteiger partial charge in [0.2, 0.25) is 0 Å². The zero-order valence-electron chi connectivity index (χ0n) is 18.1. The van der Waals surface area contributed by atoms with Crippen molar-refractivity contribution in [2.24, 2.45) is 5.92 Å². The smallest absolute Gasteiger partial charge is 0.373 e. The Hall–Kier alpha value is -2.70. The van der Waals surface area contributed by atoms with Crippen molar-refractivity contribution in [2.75, 3.05) is 6.61 Å². The summed E-state index contributed by atoms with van der Waals surface area (Å²) >= 11 is 6.15. The maximum Gasteiger partial charge on any atom is 0.522 e. The second-order valence-electron chi connectivity index (χ2n) is 7.96. The second kappa shape index (κ2) is 11.2. The molecular formula is C21H24ClF3N4O5. The number of aliphatic hydroxyl groups excluding tert-OH is 1. The average Bonchev–Trinajstić information content (AvgIpc) is 3.05. The Morgan fingerprint density at radius 3 is 2.56 bits per heavy atom. The van der Waals surface area contributed by atoms with Gasteiger partial charge in [0, 0.05) is 5.92 Å². The van der Waals surface area contributed by atoms with Crippen LogP contribution in [0.25, 0.3) is 5.69 Å². The number of aromatic nitrogens is 3. The number of rotatable bonds is 7. The predicted octanol–water partition coefficient (Wildman–Crippen LogP) is 2.60. The molecule has 1 aliphatic carbocycles. The number of ether oxygens (including phenoxy) is 1. The van der Waals surface area contributed by atoms with E-state index in [0.717, 1.165) is 49.4 Å². The molecule has 0 radical (unpaired) electrons. The number of alkyl halides is 3. The van der Waals surface area contributed by atoms with Crippen molar-refractivity contribution < 1.29 is 27.8 Å². The first-order valence-corrected chi connectivity index (χ1v) is 11.1. The molecule has 3 rings (SSSR count). The van der Waals surface area contributed by atoms with Gasteiger partial charge in [0.05, 0.1) is 29.4 Å². The van der Waals surface area contributed by atoms with E-state index in [9.17, 15) is 32.7 Å². The maximum absolute atomic E-state index is 12.8. The van der Waals surface area contributed by atoms with Crippen molar-refractivity contribution in [1.29, 1.82) is 0 Å². The first-order valence-electron chi connectivity index (χ1n) is 10.8. The van der Waals surface area contributed by atoms with Crippen LogP contribution in [-0.4, -0.2) is 44.6 Å². The van der Waals surface area contributed by atoms with Crippen LogP contribution >= 0.6 is 11.6 Å². The van der Waals surface area contributed by atoms with Crippen LogP contribution in [0.3, 0.4) is 0 Å². The second-order valence-corrected chi connectivity index (χ2v) is 8.36. The summed E-state index contributed by atoms with van der Waals surface area (Å²) in [4.78, 5) is 37.4.